The molecule has 0 aliphatic heterocycles. The summed E-state index contributed by atoms with van der Waals surface area (Å²) in [6.07, 6.45) is 2.19. The maximum Gasteiger partial charge on any atom is 0.269 e. The standard InChI is InChI=1S/C20H13FN4O4S/c1-29-18-7-4-13(8-16(18)21)17-11-30-20(22-17)24-9-14(10-26)19(23-24)12-2-5-15(6-3-12)25(27)28/h2-11H,1H3. The fourth-order valence-corrected chi connectivity index (χ4v) is 3.62. The van der Waals surface area contributed by atoms with Crippen molar-refractivity contribution >= 4 is 23.3 Å². The Balaban J connectivity index is 1.68. The third-order valence-electron chi connectivity index (χ3n) is 4.36. The van der Waals surface area contributed by atoms with Crippen molar-refractivity contribution in [2.24, 2.45) is 0 Å². The number of rotatable bonds is 6. The van der Waals surface area contributed by atoms with Crippen molar-refractivity contribution in [2.45, 2.75) is 0 Å². The van der Waals surface area contributed by atoms with Crippen LogP contribution in [0.15, 0.2) is 54.0 Å². The van der Waals surface area contributed by atoms with E-state index in [0.29, 0.717) is 39.5 Å². The molecular weight excluding hydrogens is 411 g/mol. The molecule has 0 bridgehead atoms. The molecule has 0 amide bonds. The van der Waals surface area contributed by atoms with Gasteiger partial charge in [0.05, 0.1) is 23.3 Å². The molecule has 0 unspecified atom stereocenters. The summed E-state index contributed by atoms with van der Waals surface area (Å²) in [5, 5.41) is 17.5. The van der Waals surface area contributed by atoms with E-state index in [9.17, 15) is 19.3 Å². The summed E-state index contributed by atoms with van der Waals surface area (Å²) in [5.74, 6) is -0.350. The van der Waals surface area contributed by atoms with Crippen LogP contribution in [0.25, 0.3) is 27.6 Å². The monoisotopic (exact) mass is 424 g/mol. The molecule has 30 heavy (non-hydrogen) atoms. The summed E-state index contributed by atoms with van der Waals surface area (Å²) in [7, 11) is 1.39. The second kappa shape index (κ2) is 7.84. The van der Waals surface area contributed by atoms with Gasteiger partial charge in [-0.3, -0.25) is 14.9 Å². The summed E-state index contributed by atoms with van der Waals surface area (Å²) in [6.45, 7) is 0. The van der Waals surface area contributed by atoms with E-state index in [1.165, 1.54) is 65.7 Å². The first-order valence-corrected chi connectivity index (χ1v) is 9.47. The van der Waals surface area contributed by atoms with Crippen LogP contribution in [-0.4, -0.2) is 33.1 Å². The lowest BCUT2D eigenvalue weighted by Gasteiger charge is -2.03. The Kier molecular flexibility index (Phi) is 5.07. The van der Waals surface area contributed by atoms with Crippen LogP contribution in [0.4, 0.5) is 10.1 Å². The Morgan fingerprint density at radius 2 is 1.93 bits per heavy atom. The normalized spacial score (nSPS) is 10.7. The van der Waals surface area contributed by atoms with Gasteiger partial charge in [0.15, 0.2) is 17.9 Å². The topological polar surface area (TPSA) is 100 Å². The van der Waals surface area contributed by atoms with Gasteiger partial charge in [0.1, 0.15) is 5.69 Å². The first-order chi connectivity index (χ1) is 14.5. The first-order valence-electron chi connectivity index (χ1n) is 8.59. The number of aromatic nitrogens is 3. The molecule has 0 atom stereocenters. The summed E-state index contributed by atoms with van der Waals surface area (Å²) in [4.78, 5) is 26.3. The number of halogens is 1. The fourth-order valence-electron chi connectivity index (χ4n) is 2.86. The number of carbonyl (C=O) groups is 1. The fraction of sp³-hybridized carbons (Fsp3) is 0.0500. The lowest BCUT2D eigenvalue weighted by atomic mass is 10.1. The highest BCUT2D eigenvalue weighted by Crippen LogP contribution is 2.29. The Hall–Kier alpha value is -3.92. The van der Waals surface area contributed by atoms with Crippen LogP contribution in [0.3, 0.4) is 0 Å². The number of hydrogen-bond acceptors (Lipinski definition) is 7. The third-order valence-corrected chi connectivity index (χ3v) is 5.19. The molecule has 2 aromatic carbocycles. The molecule has 0 saturated heterocycles. The van der Waals surface area contributed by atoms with Crippen LogP contribution >= 0.6 is 11.3 Å². The van der Waals surface area contributed by atoms with Crippen molar-refractivity contribution in [1.29, 1.82) is 0 Å². The van der Waals surface area contributed by atoms with E-state index < -0.39 is 10.7 Å². The van der Waals surface area contributed by atoms with Crippen molar-refractivity contribution in [1.82, 2.24) is 14.8 Å². The minimum Gasteiger partial charge on any atom is -0.494 e. The predicted octanol–water partition coefficient (Wildman–Crippen LogP) is 4.53. The van der Waals surface area contributed by atoms with Crippen molar-refractivity contribution in [3.05, 3.63) is 75.5 Å². The van der Waals surface area contributed by atoms with Crippen molar-refractivity contribution in [3.63, 3.8) is 0 Å². The average molecular weight is 424 g/mol. The molecule has 0 saturated carbocycles. The molecule has 2 aromatic heterocycles. The highest BCUT2D eigenvalue weighted by atomic mass is 32.1. The molecule has 150 valence electrons. The Morgan fingerprint density at radius 3 is 2.57 bits per heavy atom. The number of benzene rings is 2. The van der Waals surface area contributed by atoms with E-state index in [4.69, 9.17) is 4.74 Å². The Labute approximate surface area is 173 Å². The second-order valence-electron chi connectivity index (χ2n) is 6.16. The van der Waals surface area contributed by atoms with Gasteiger partial charge < -0.3 is 4.74 Å². The smallest absolute Gasteiger partial charge is 0.269 e. The number of non-ortho nitro benzene ring substituents is 1. The molecule has 0 fully saturated rings. The van der Waals surface area contributed by atoms with E-state index in [-0.39, 0.29) is 11.4 Å². The largest absolute Gasteiger partial charge is 0.494 e. The van der Waals surface area contributed by atoms with Crippen molar-refractivity contribution in [3.8, 4) is 33.4 Å². The zero-order valence-electron chi connectivity index (χ0n) is 15.5. The number of nitro groups is 1. The van der Waals surface area contributed by atoms with Crippen LogP contribution in [0.5, 0.6) is 5.75 Å². The third kappa shape index (κ3) is 3.55. The van der Waals surface area contributed by atoms with E-state index in [1.54, 1.807) is 11.4 Å². The first kappa shape index (κ1) is 19.4. The molecule has 0 aliphatic rings. The van der Waals surface area contributed by atoms with E-state index >= 15 is 0 Å². The number of nitrogens with zero attached hydrogens (tertiary/aromatic N) is 4. The molecule has 8 nitrogen and oxygen atoms in total. The molecule has 0 N–H and O–H groups in total. The van der Waals surface area contributed by atoms with E-state index in [2.05, 4.69) is 10.1 Å². The van der Waals surface area contributed by atoms with Gasteiger partial charge in [0.25, 0.3) is 5.69 Å². The molecule has 0 aliphatic carbocycles. The maximum absolute atomic E-state index is 14.0. The van der Waals surface area contributed by atoms with Gasteiger partial charge in [-0.2, -0.15) is 5.10 Å². The van der Waals surface area contributed by atoms with Crippen molar-refractivity contribution < 1.29 is 18.8 Å². The van der Waals surface area contributed by atoms with Gasteiger partial charge in [-0.05, 0) is 30.3 Å². The Bertz CT molecular complexity index is 1250. The zero-order valence-corrected chi connectivity index (χ0v) is 16.3. The summed E-state index contributed by atoms with van der Waals surface area (Å²) < 4.78 is 20.4. The SMILES string of the molecule is COc1ccc(-c2csc(-n3cc(C=O)c(-c4ccc([N+](=O)[O-])cc4)n3)n2)cc1F. The lowest BCUT2D eigenvalue weighted by molar-refractivity contribution is -0.384. The number of hydrogen-bond donors (Lipinski definition) is 0. The predicted molar refractivity (Wildman–Crippen MR) is 109 cm³/mol. The molecule has 0 radical (unpaired) electrons. The average Bonchev–Trinajstić information content (AvgIpc) is 3.41. The number of aldehydes is 1. The second-order valence-corrected chi connectivity index (χ2v) is 7.00. The van der Waals surface area contributed by atoms with Gasteiger partial charge in [-0.25, -0.2) is 14.1 Å². The molecule has 4 aromatic rings. The number of carbonyl (C=O) groups excluding carboxylic acids is 1. The van der Waals surface area contributed by atoms with Crippen LogP contribution < -0.4 is 4.74 Å². The highest BCUT2D eigenvalue weighted by molar-refractivity contribution is 7.12. The maximum atomic E-state index is 14.0. The number of methoxy groups -OCH3 is 1. The van der Waals surface area contributed by atoms with E-state index in [1.807, 2.05) is 0 Å². The van der Waals surface area contributed by atoms with Gasteiger partial charge >= 0.3 is 0 Å². The Morgan fingerprint density at radius 1 is 1.20 bits per heavy atom. The van der Waals surface area contributed by atoms with Gasteiger partial charge in [-0.1, -0.05) is 0 Å². The highest BCUT2D eigenvalue weighted by Gasteiger charge is 2.16. The molecule has 2 heterocycles. The van der Waals surface area contributed by atoms with Crippen LogP contribution in [0, 0.1) is 15.9 Å². The number of nitro benzene ring substituents is 1. The van der Waals surface area contributed by atoms with Gasteiger partial charge in [0, 0.05) is 34.8 Å². The minimum absolute atomic E-state index is 0.0536. The lowest BCUT2D eigenvalue weighted by Crippen LogP contribution is -1.95. The molecule has 4 rings (SSSR count). The summed E-state index contributed by atoms with van der Waals surface area (Å²) in [5.41, 5.74) is 2.34. The summed E-state index contributed by atoms with van der Waals surface area (Å²) in [6, 6.07) is 10.3. The number of thiazole rings is 1. The zero-order chi connectivity index (χ0) is 21.3. The van der Waals surface area contributed by atoms with Gasteiger partial charge in [-0.15, -0.1) is 11.3 Å². The van der Waals surface area contributed by atoms with Crippen LogP contribution in [-0.2, 0) is 0 Å². The molecular formula is C20H13FN4O4S. The van der Waals surface area contributed by atoms with E-state index in [0.717, 1.165) is 0 Å². The van der Waals surface area contributed by atoms with Gasteiger partial charge in [0.2, 0.25) is 5.13 Å². The van der Waals surface area contributed by atoms with Crippen LogP contribution in [0.1, 0.15) is 10.4 Å². The van der Waals surface area contributed by atoms with Crippen molar-refractivity contribution in [2.75, 3.05) is 7.11 Å². The summed E-state index contributed by atoms with van der Waals surface area (Å²) >= 11 is 1.28. The molecule has 10 heteroatoms. The molecule has 0 spiro atoms. The number of ether oxygens (including phenoxy) is 1. The minimum atomic E-state index is -0.498. The quantitative estimate of drug-likeness (QED) is 0.256. The van der Waals surface area contributed by atoms with Crippen LogP contribution in [0.2, 0.25) is 0 Å².